The maximum atomic E-state index is 10.6. The van der Waals surface area contributed by atoms with Gasteiger partial charge in [0.1, 0.15) is 0 Å². The van der Waals surface area contributed by atoms with Crippen molar-refractivity contribution in [2.75, 3.05) is 0 Å². The lowest BCUT2D eigenvalue weighted by atomic mass is 10.4. The molecule has 0 fully saturated rings. The fourth-order valence-corrected chi connectivity index (χ4v) is 0.611. The lowest BCUT2D eigenvalue weighted by molar-refractivity contribution is -0.698. The molecular formula is C6H8N2O. The Labute approximate surface area is 53.4 Å². The molecule has 1 heterocycles. The maximum Gasteiger partial charge on any atom is 0.199 e. The van der Waals surface area contributed by atoms with Crippen molar-refractivity contribution in [3.63, 3.8) is 0 Å². The molecule has 3 nitrogen and oxygen atoms in total. The first-order chi connectivity index (χ1) is 4.33. The van der Waals surface area contributed by atoms with E-state index in [1.54, 1.807) is 16.8 Å². The van der Waals surface area contributed by atoms with Gasteiger partial charge in [-0.3, -0.25) is 5.73 Å². The molecule has 0 radical (unpaired) electrons. The molecule has 0 spiro atoms. The van der Waals surface area contributed by atoms with Crippen molar-refractivity contribution in [1.82, 2.24) is 0 Å². The molecule has 0 bridgehead atoms. The van der Waals surface area contributed by atoms with E-state index in [0.29, 0.717) is 6.67 Å². The van der Waals surface area contributed by atoms with Crippen LogP contribution < -0.4 is 15.4 Å². The first-order valence-corrected chi connectivity index (χ1v) is 2.69. The summed E-state index contributed by atoms with van der Waals surface area (Å²) in [6.45, 7) is 0.357. The van der Waals surface area contributed by atoms with Crippen LogP contribution in [0.15, 0.2) is 24.5 Å². The van der Waals surface area contributed by atoms with E-state index in [2.05, 4.69) is 0 Å². The molecule has 0 saturated heterocycles. The molecule has 0 saturated carbocycles. The Balaban J connectivity index is 2.94. The van der Waals surface area contributed by atoms with Gasteiger partial charge in [0.05, 0.1) is 0 Å². The molecule has 0 aliphatic rings. The third-order valence-corrected chi connectivity index (χ3v) is 1.04. The van der Waals surface area contributed by atoms with Gasteiger partial charge in [0.15, 0.2) is 19.1 Å². The van der Waals surface area contributed by atoms with E-state index in [1.807, 2.05) is 0 Å². The molecule has 2 N–H and O–H groups in total. The molecule has 1 aromatic rings. The average molecular weight is 124 g/mol. The smallest absolute Gasteiger partial charge is 0.199 e. The summed E-state index contributed by atoms with van der Waals surface area (Å²) in [5.74, 6) is -0.0112. The van der Waals surface area contributed by atoms with E-state index in [-0.39, 0.29) is 5.75 Å². The van der Waals surface area contributed by atoms with E-state index >= 15 is 0 Å². The van der Waals surface area contributed by atoms with E-state index in [9.17, 15) is 5.11 Å². The number of hydrogen-bond acceptors (Lipinski definition) is 2. The van der Waals surface area contributed by atoms with Gasteiger partial charge < -0.3 is 5.11 Å². The van der Waals surface area contributed by atoms with Crippen LogP contribution in [0.4, 0.5) is 0 Å². The number of aromatic nitrogens is 1. The lowest BCUT2D eigenvalue weighted by Crippen LogP contribution is -2.37. The highest BCUT2D eigenvalue weighted by Gasteiger charge is 1.89. The van der Waals surface area contributed by atoms with Gasteiger partial charge in [-0.15, -0.1) is 0 Å². The molecule has 0 aliphatic carbocycles. The molecule has 3 heteroatoms. The molecule has 1 rings (SSSR count). The van der Waals surface area contributed by atoms with Crippen LogP contribution in [0.1, 0.15) is 0 Å². The predicted octanol–water partition coefficient (Wildman–Crippen LogP) is -1.04. The predicted molar refractivity (Wildman–Crippen MR) is 30.3 cm³/mol. The fraction of sp³-hybridized carbons (Fsp3) is 0.167. The van der Waals surface area contributed by atoms with Crippen molar-refractivity contribution in [3.8, 4) is 5.75 Å². The van der Waals surface area contributed by atoms with Crippen molar-refractivity contribution in [3.05, 3.63) is 24.5 Å². The Bertz CT molecular complexity index is 200. The van der Waals surface area contributed by atoms with E-state index in [4.69, 9.17) is 5.73 Å². The molecule has 0 aliphatic heterocycles. The number of nitrogens with zero attached hydrogens (tertiary/aromatic N) is 1. The highest BCUT2D eigenvalue weighted by Crippen LogP contribution is 1.93. The SMILES string of the molecule is NC[n+]1cccc([O-])c1. The summed E-state index contributed by atoms with van der Waals surface area (Å²) in [4.78, 5) is 0. The van der Waals surface area contributed by atoms with Crippen LogP contribution in [-0.4, -0.2) is 0 Å². The lowest BCUT2D eigenvalue weighted by Gasteiger charge is -1.99. The Morgan fingerprint density at radius 3 is 2.89 bits per heavy atom. The second-order valence-electron chi connectivity index (χ2n) is 1.74. The molecule has 1 aromatic heterocycles. The van der Waals surface area contributed by atoms with Gasteiger partial charge >= 0.3 is 0 Å². The first-order valence-electron chi connectivity index (χ1n) is 2.69. The van der Waals surface area contributed by atoms with Crippen LogP contribution in [0.25, 0.3) is 0 Å². The van der Waals surface area contributed by atoms with Gasteiger partial charge in [-0.25, -0.2) is 0 Å². The highest BCUT2D eigenvalue weighted by atomic mass is 16.3. The van der Waals surface area contributed by atoms with E-state index in [0.717, 1.165) is 0 Å². The minimum Gasteiger partial charge on any atom is -0.868 e. The molecule has 48 valence electrons. The Morgan fingerprint density at radius 1 is 1.67 bits per heavy atom. The minimum atomic E-state index is -0.0112. The summed E-state index contributed by atoms with van der Waals surface area (Å²) in [6, 6.07) is 3.17. The third-order valence-electron chi connectivity index (χ3n) is 1.04. The van der Waals surface area contributed by atoms with E-state index in [1.165, 1.54) is 12.3 Å². The zero-order valence-corrected chi connectivity index (χ0v) is 4.95. The molecular weight excluding hydrogens is 116 g/mol. The summed E-state index contributed by atoms with van der Waals surface area (Å²) < 4.78 is 1.63. The van der Waals surface area contributed by atoms with E-state index < -0.39 is 0 Å². The van der Waals surface area contributed by atoms with Gasteiger partial charge in [-0.05, 0) is 5.75 Å². The van der Waals surface area contributed by atoms with Crippen molar-refractivity contribution in [2.24, 2.45) is 5.73 Å². The molecule has 0 aromatic carbocycles. The number of pyridine rings is 1. The first kappa shape index (κ1) is 6.04. The topological polar surface area (TPSA) is 53.0 Å². The maximum absolute atomic E-state index is 10.6. The van der Waals surface area contributed by atoms with Gasteiger partial charge in [0, 0.05) is 6.07 Å². The summed E-state index contributed by atoms with van der Waals surface area (Å²) in [6.07, 6.45) is 3.21. The van der Waals surface area contributed by atoms with Crippen molar-refractivity contribution in [2.45, 2.75) is 6.67 Å². The molecule has 0 amide bonds. The van der Waals surface area contributed by atoms with Gasteiger partial charge in [-0.1, -0.05) is 6.07 Å². The molecule has 0 unspecified atom stereocenters. The summed E-state index contributed by atoms with van der Waals surface area (Å²) >= 11 is 0. The highest BCUT2D eigenvalue weighted by molar-refractivity contribution is 5.07. The Hall–Kier alpha value is -1.09. The summed E-state index contributed by atoms with van der Waals surface area (Å²) in [7, 11) is 0. The Kier molecular flexibility index (Phi) is 1.65. The third kappa shape index (κ3) is 1.40. The van der Waals surface area contributed by atoms with Gasteiger partial charge in [0.25, 0.3) is 0 Å². The summed E-state index contributed by atoms with van der Waals surface area (Å²) in [5, 5.41) is 10.6. The number of hydrogen-bond donors (Lipinski definition) is 1. The second kappa shape index (κ2) is 2.46. The van der Waals surface area contributed by atoms with Gasteiger partial charge in [0.2, 0.25) is 0 Å². The van der Waals surface area contributed by atoms with Crippen LogP contribution in [0, 0.1) is 0 Å². The largest absolute Gasteiger partial charge is 0.868 e. The van der Waals surface area contributed by atoms with Crippen molar-refractivity contribution >= 4 is 0 Å². The van der Waals surface area contributed by atoms with Crippen LogP contribution in [-0.2, 0) is 6.67 Å². The minimum absolute atomic E-state index is 0.0112. The number of nitrogens with two attached hydrogens (primary N) is 1. The standard InChI is InChI=1S/C6H8N2O/c7-5-8-3-1-2-6(9)4-8/h1-4H,5,7H2. The zero-order valence-electron chi connectivity index (χ0n) is 4.95. The number of rotatable bonds is 1. The zero-order chi connectivity index (χ0) is 6.69. The van der Waals surface area contributed by atoms with Crippen LogP contribution in [0.5, 0.6) is 5.75 Å². The monoisotopic (exact) mass is 124 g/mol. The second-order valence-corrected chi connectivity index (χ2v) is 1.74. The fourth-order valence-electron chi connectivity index (χ4n) is 0.611. The van der Waals surface area contributed by atoms with Crippen molar-refractivity contribution < 1.29 is 9.67 Å². The van der Waals surface area contributed by atoms with Crippen molar-refractivity contribution in [1.29, 1.82) is 0 Å². The van der Waals surface area contributed by atoms with Crippen LogP contribution in [0.3, 0.4) is 0 Å². The molecule has 9 heavy (non-hydrogen) atoms. The average Bonchev–Trinajstić information content (AvgIpc) is 1.88. The quantitative estimate of drug-likeness (QED) is 0.486. The van der Waals surface area contributed by atoms with Crippen LogP contribution >= 0.6 is 0 Å². The Morgan fingerprint density at radius 2 is 2.44 bits per heavy atom. The van der Waals surface area contributed by atoms with Crippen LogP contribution in [0.2, 0.25) is 0 Å². The molecule has 0 atom stereocenters. The summed E-state index contributed by atoms with van der Waals surface area (Å²) in [5.41, 5.74) is 5.24. The van der Waals surface area contributed by atoms with Gasteiger partial charge in [-0.2, -0.15) is 4.57 Å². The normalized spacial score (nSPS) is 9.44.